The molecule has 140 valence electrons. The Morgan fingerprint density at radius 2 is 1.93 bits per heavy atom. The van der Waals surface area contributed by atoms with Gasteiger partial charge in [0.15, 0.2) is 0 Å². The van der Waals surface area contributed by atoms with Crippen molar-refractivity contribution in [2.24, 2.45) is 7.05 Å². The molecule has 3 heterocycles. The molecule has 3 aromatic heterocycles. The van der Waals surface area contributed by atoms with Crippen LogP contribution in [0.1, 0.15) is 34.9 Å². The van der Waals surface area contributed by atoms with E-state index in [1.54, 1.807) is 12.1 Å². The van der Waals surface area contributed by atoms with Crippen LogP contribution in [0.5, 0.6) is 5.75 Å². The van der Waals surface area contributed by atoms with Gasteiger partial charge in [0, 0.05) is 25.0 Å². The van der Waals surface area contributed by atoms with Crippen molar-refractivity contribution in [2.75, 3.05) is 5.73 Å². The van der Waals surface area contributed by atoms with Gasteiger partial charge in [-0.1, -0.05) is 6.07 Å². The Morgan fingerprint density at radius 1 is 1.11 bits per heavy atom. The first-order valence-electron chi connectivity index (χ1n) is 9.34. The van der Waals surface area contributed by atoms with Crippen LogP contribution in [0.2, 0.25) is 0 Å². The maximum atomic E-state index is 9.87. The molecule has 0 aliphatic heterocycles. The van der Waals surface area contributed by atoms with Gasteiger partial charge in [-0.25, -0.2) is 4.98 Å². The van der Waals surface area contributed by atoms with Crippen molar-refractivity contribution in [1.29, 1.82) is 0 Å². The van der Waals surface area contributed by atoms with E-state index in [1.165, 1.54) is 11.1 Å². The van der Waals surface area contributed by atoms with E-state index in [0.717, 1.165) is 28.8 Å². The number of aromatic hydroxyl groups is 1. The summed E-state index contributed by atoms with van der Waals surface area (Å²) in [6, 6.07) is 9.20. The molecule has 1 aromatic carbocycles. The van der Waals surface area contributed by atoms with Crippen molar-refractivity contribution in [1.82, 2.24) is 19.7 Å². The number of nitrogens with zero attached hydrogens (tertiary/aromatic N) is 4. The van der Waals surface area contributed by atoms with E-state index >= 15 is 0 Å². The zero-order chi connectivity index (χ0) is 19.4. The zero-order valence-corrected chi connectivity index (χ0v) is 15.8. The van der Waals surface area contributed by atoms with Crippen molar-refractivity contribution in [3.63, 3.8) is 0 Å². The first-order chi connectivity index (χ1) is 13.5. The fourth-order valence-electron chi connectivity index (χ4n) is 3.94. The molecule has 2 atom stereocenters. The van der Waals surface area contributed by atoms with Gasteiger partial charge >= 0.3 is 0 Å². The third-order valence-electron chi connectivity index (χ3n) is 5.56. The predicted octanol–water partition coefficient (Wildman–Crippen LogP) is 3.90. The Kier molecular flexibility index (Phi) is 3.62. The second kappa shape index (κ2) is 6.05. The van der Waals surface area contributed by atoms with Crippen molar-refractivity contribution in [2.45, 2.75) is 25.2 Å². The molecule has 28 heavy (non-hydrogen) atoms. The number of nitrogens with two attached hydrogens (primary N) is 1. The molecule has 0 bridgehead atoms. The number of fused-ring (bicyclic) bond motifs is 1. The number of phenolic OH excluding ortho intramolecular Hbond substituents is 1. The molecule has 2 unspecified atom stereocenters. The van der Waals surface area contributed by atoms with Crippen LogP contribution in [0.15, 0.2) is 48.9 Å². The summed E-state index contributed by atoms with van der Waals surface area (Å²) in [7, 11) is 1.94. The minimum Gasteiger partial charge on any atom is -0.508 e. The Bertz CT molecular complexity index is 1210. The van der Waals surface area contributed by atoms with Gasteiger partial charge < -0.3 is 10.8 Å². The lowest BCUT2D eigenvalue weighted by Gasteiger charge is -2.10. The number of rotatable bonds is 3. The lowest BCUT2D eigenvalue weighted by atomic mass is 10.0. The van der Waals surface area contributed by atoms with Gasteiger partial charge in [-0.05, 0) is 66.1 Å². The van der Waals surface area contributed by atoms with Gasteiger partial charge in [0.2, 0.25) is 0 Å². The van der Waals surface area contributed by atoms with Crippen molar-refractivity contribution in [3.05, 3.63) is 65.6 Å². The number of aryl methyl sites for hydroxylation is 2. The molecule has 3 N–H and O–H groups in total. The summed E-state index contributed by atoms with van der Waals surface area (Å²) < 4.78 is 1.84. The summed E-state index contributed by atoms with van der Waals surface area (Å²) in [5.74, 6) is 1.14. The van der Waals surface area contributed by atoms with E-state index in [9.17, 15) is 5.11 Å². The molecule has 6 nitrogen and oxygen atoms in total. The molecule has 1 aliphatic carbocycles. The van der Waals surface area contributed by atoms with Crippen LogP contribution < -0.4 is 5.73 Å². The topological polar surface area (TPSA) is 89.9 Å². The Balaban J connectivity index is 1.55. The fraction of sp³-hybridized carbons (Fsp3) is 0.227. The molecule has 0 amide bonds. The molecular weight excluding hydrogens is 350 g/mol. The molecular formula is C22H21N5O. The van der Waals surface area contributed by atoms with Crippen molar-refractivity contribution < 1.29 is 5.11 Å². The van der Waals surface area contributed by atoms with Gasteiger partial charge in [0.25, 0.3) is 0 Å². The van der Waals surface area contributed by atoms with Crippen molar-refractivity contribution in [3.8, 4) is 17.0 Å². The molecule has 0 spiro atoms. The highest BCUT2D eigenvalue weighted by Gasteiger charge is 2.40. The molecule has 0 radical (unpaired) electrons. The monoisotopic (exact) mass is 371 g/mol. The van der Waals surface area contributed by atoms with Gasteiger partial charge in [0.1, 0.15) is 11.3 Å². The van der Waals surface area contributed by atoms with Crippen LogP contribution >= 0.6 is 0 Å². The summed E-state index contributed by atoms with van der Waals surface area (Å²) in [5.41, 5.74) is 13.5. The summed E-state index contributed by atoms with van der Waals surface area (Å²) in [6.07, 6.45) is 7.04. The van der Waals surface area contributed by atoms with Gasteiger partial charge in [-0.2, -0.15) is 5.10 Å². The first-order valence-corrected chi connectivity index (χ1v) is 9.34. The van der Waals surface area contributed by atoms with E-state index in [-0.39, 0.29) is 5.75 Å². The van der Waals surface area contributed by atoms with E-state index in [2.05, 4.69) is 22.3 Å². The normalized spacial score (nSPS) is 18.5. The third-order valence-corrected chi connectivity index (χ3v) is 5.56. The average Bonchev–Trinajstić information content (AvgIpc) is 3.37. The van der Waals surface area contributed by atoms with Crippen LogP contribution in [-0.4, -0.2) is 24.9 Å². The Labute approximate surface area is 162 Å². The average molecular weight is 371 g/mol. The number of nitrogen functional groups attached to an aromatic ring is 1. The number of benzene rings is 1. The lowest BCUT2D eigenvalue weighted by molar-refractivity contribution is 0.475. The summed E-state index contributed by atoms with van der Waals surface area (Å²) in [4.78, 5) is 9.40. The quantitative estimate of drug-likeness (QED) is 0.570. The highest BCUT2D eigenvalue weighted by atomic mass is 16.3. The van der Waals surface area contributed by atoms with Crippen LogP contribution in [-0.2, 0) is 7.05 Å². The summed E-state index contributed by atoms with van der Waals surface area (Å²) >= 11 is 0. The smallest absolute Gasteiger partial charge is 0.116 e. The molecule has 5 rings (SSSR count). The second-order valence-electron chi connectivity index (χ2n) is 7.63. The standard InChI is InChI=1S/C22H21N5O/c1-12-3-4-15(28)6-16(12)20-8-19(23)22-21(26-20)5-13(9-24-22)17-7-18(17)14-10-25-27(2)11-14/h3-6,8-11,17-18,28H,7H2,1-2H3,(H2,23,26). The number of phenols is 1. The van der Waals surface area contributed by atoms with E-state index in [0.29, 0.717) is 23.0 Å². The first kappa shape index (κ1) is 16.7. The van der Waals surface area contributed by atoms with E-state index < -0.39 is 0 Å². The molecule has 4 aromatic rings. The SMILES string of the molecule is Cc1ccc(O)cc1-c1cc(N)c2ncc(C3CC3c3cnn(C)c3)cc2n1. The van der Waals surface area contributed by atoms with Gasteiger partial charge in [-0.3, -0.25) is 9.67 Å². The summed E-state index contributed by atoms with van der Waals surface area (Å²) in [6.45, 7) is 1.99. The van der Waals surface area contributed by atoms with Gasteiger partial charge in [-0.15, -0.1) is 0 Å². The second-order valence-corrected chi connectivity index (χ2v) is 7.63. The zero-order valence-electron chi connectivity index (χ0n) is 15.8. The summed E-state index contributed by atoms with van der Waals surface area (Å²) in [5, 5.41) is 14.1. The van der Waals surface area contributed by atoms with Crippen LogP contribution in [0.25, 0.3) is 22.3 Å². The van der Waals surface area contributed by atoms with Crippen LogP contribution in [0, 0.1) is 6.92 Å². The minimum atomic E-state index is 0.213. The molecule has 1 aliphatic rings. The Morgan fingerprint density at radius 3 is 2.71 bits per heavy atom. The molecule has 1 saturated carbocycles. The lowest BCUT2D eigenvalue weighted by Crippen LogP contribution is -1.97. The highest BCUT2D eigenvalue weighted by molar-refractivity contribution is 5.90. The highest BCUT2D eigenvalue weighted by Crippen LogP contribution is 2.54. The number of pyridine rings is 2. The molecule has 0 saturated heterocycles. The number of aromatic nitrogens is 4. The van der Waals surface area contributed by atoms with Crippen LogP contribution in [0.3, 0.4) is 0 Å². The minimum absolute atomic E-state index is 0.213. The van der Waals surface area contributed by atoms with Crippen molar-refractivity contribution >= 4 is 16.7 Å². The van der Waals surface area contributed by atoms with E-state index in [1.807, 2.05) is 43.2 Å². The largest absolute Gasteiger partial charge is 0.508 e. The molecule has 6 heteroatoms. The van der Waals surface area contributed by atoms with Crippen LogP contribution in [0.4, 0.5) is 5.69 Å². The number of anilines is 1. The Hall–Kier alpha value is -3.41. The predicted molar refractivity (Wildman–Crippen MR) is 109 cm³/mol. The molecule has 1 fully saturated rings. The third kappa shape index (κ3) is 2.78. The maximum Gasteiger partial charge on any atom is 0.116 e. The van der Waals surface area contributed by atoms with Gasteiger partial charge in [0.05, 0.1) is 23.1 Å². The van der Waals surface area contributed by atoms with E-state index in [4.69, 9.17) is 10.7 Å². The maximum absolute atomic E-state index is 9.87. The number of hydrogen-bond acceptors (Lipinski definition) is 5. The fourth-order valence-corrected chi connectivity index (χ4v) is 3.94. The number of hydrogen-bond donors (Lipinski definition) is 2.